The van der Waals surface area contributed by atoms with Gasteiger partial charge >= 0.3 is 18.0 Å². The van der Waals surface area contributed by atoms with Crippen LogP contribution >= 0.6 is 7.37 Å². The van der Waals surface area contributed by atoms with Crippen molar-refractivity contribution >= 4 is 31.3 Å². The van der Waals surface area contributed by atoms with E-state index in [1.165, 1.54) is 20.8 Å². The molecule has 0 aliphatic heterocycles. The van der Waals surface area contributed by atoms with Crippen molar-refractivity contribution in [3.63, 3.8) is 0 Å². The second kappa shape index (κ2) is 10.9. The molecular formula is C15H27N2O9P. The Balaban J connectivity index is 4.48. The average molecular weight is 410 g/mol. The number of rotatable bonds is 10. The summed E-state index contributed by atoms with van der Waals surface area (Å²) in [7, 11) is -3.97. The molecule has 12 heteroatoms. The molecule has 27 heavy (non-hydrogen) atoms. The zero-order valence-corrected chi connectivity index (χ0v) is 16.8. The van der Waals surface area contributed by atoms with Crippen molar-refractivity contribution in [1.82, 2.24) is 10.6 Å². The number of alkyl carbamates (subject to hydrolysis) is 1. The summed E-state index contributed by atoms with van der Waals surface area (Å²) in [6, 6.07) is -1.13. The molecule has 0 saturated heterocycles. The van der Waals surface area contributed by atoms with Gasteiger partial charge in [0.1, 0.15) is 11.8 Å². The van der Waals surface area contributed by atoms with E-state index in [-0.39, 0.29) is 0 Å². The number of ether oxygens (including phenoxy) is 2. The summed E-state index contributed by atoms with van der Waals surface area (Å²) in [6.07, 6.45) is -3.11. The van der Waals surface area contributed by atoms with Crippen LogP contribution in [0.4, 0.5) is 4.79 Å². The molecule has 0 aliphatic rings. The summed E-state index contributed by atoms with van der Waals surface area (Å²) < 4.78 is 21.8. The third-order valence-electron chi connectivity index (χ3n) is 3.37. The molecule has 0 saturated carbocycles. The molecule has 4 N–H and O–H groups in total. The van der Waals surface area contributed by atoms with Crippen LogP contribution in [-0.4, -0.2) is 58.2 Å². The van der Waals surface area contributed by atoms with Gasteiger partial charge in [0.2, 0.25) is 19.6 Å². The molecule has 0 bridgehead atoms. The minimum atomic E-state index is -3.97. The van der Waals surface area contributed by atoms with Gasteiger partial charge in [0, 0.05) is 19.5 Å². The largest absolute Gasteiger partial charge is 0.480 e. The molecule has 0 spiro atoms. The van der Waals surface area contributed by atoms with Gasteiger partial charge in [-0.2, -0.15) is 0 Å². The van der Waals surface area contributed by atoms with Crippen LogP contribution in [0.2, 0.25) is 0 Å². The Kier molecular flexibility index (Phi) is 10.0. The van der Waals surface area contributed by atoms with E-state index in [0.29, 0.717) is 0 Å². The Morgan fingerprint density at radius 1 is 1.00 bits per heavy atom. The first kappa shape index (κ1) is 24.9. The fourth-order valence-electron chi connectivity index (χ4n) is 1.61. The summed E-state index contributed by atoms with van der Waals surface area (Å²) in [4.78, 5) is 55.3. The average Bonchev–Trinajstić information content (AvgIpc) is 2.52. The highest BCUT2D eigenvalue weighted by molar-refractivity contribution is 7.58. The normalized spacial score (nSPS) is 16.4. The van der Waals surface area contributed by atoms with Crippen LogP contribution in [0.1, 0.15) is 41.0 Å². The molecule has 0 aromatic rings. The van der Waals surface area contributed by atoms with E-state index in [2.05, 4.69) is 10.6 Å². The smallest absolute Gasteiger partial charge is 0.410 e. The number of hydrogen-bond donors (Lipinski definition) is 4. The lowest BCUT2D eigenvalue weighted by molar-refractivity contribution is -0.168. The first-order chi connectivity index (χ1) is 12.3. The fourth-order valence-corrected chi connectivity index (χ4v) is 2.83. The van der Waals surface area contributed by atoms with Gasteiger partial charge in [0.25, 0.3) is 0 Å². The maximum Gasteiger partial charge on any atom is 0.410 e. The number of esters is 1. The van der Waals surface area contributed by atoms with Crippen molar-refractivity contribution in [2.75, 3.05) is 6.16 Å². The van der Waals surface area contributed by atoms with E-state index in [0.717, 1.165) is 0 Å². The predicted molar refractivity (Wildman–Crippen MR) is 94.0 cm³/mol. The molecule has 0 aromatic carbocycles. The van der Waals surface area contributed by atoms with Crippen molar-refractivity contribution in [1.29, 1.82) is 0 Å². The number of carboxylic acids is 1. The highest BCUT2D eigenvalue weighted by Gasteiger charge is 2.30. The number of nitrogens with one attached hydrogen (secondary N) is 2. The molecule has 0 aliphatic carbocycles. The Labute approximate surface area is 157 Å². The van der Waals surface area contributed by atoms with Gasteiger partial charge in [0.05, 0.1) is 5.92 Å². The minimum Gasteiger partial charge on any atom is -0.480 e. The van der Waals surface area contributed by atoms with Crippen molar-refractivity contribution in [2.24, 2.45) is 5.92 Å². The van der Waals surface area contributed by atoms with Crippen molar-refractivity contribution < 1.29 is 43.2 Å². The predicted octanol–water partition coefficient (Wildman–Crippen LogP) is 0.854. The fraction of sp³-hybridized carbons (Fsp3) is 0.733. The molecule has 0 aromatic heterocycles. The maximum absolute atomic E-state index is 12.2. The molecule has 0 fully saturated rings. The molecular weight excluding hydrogens is 383 g/mol. The zero-order chi connectivity index (χ0) is 21.4. The third kappa shape index (κ3) is 9.95. The molecule has 11 nitrogen and oxygen atoms in total. The maximum atomic E-state index is 12.2. The molecule has 2 unspecified atom stereocenters. The molecule has 156 valence electrons. The number of hydrogen-bond acceptors (Lipinski definition) is 7. The monoisotopic (exact) mass is 410 g/mol. The second-order valence-corrected chi connectivity index (χ2v) is 8.97. The quantitative estimate of drug-likeness (QED) is 0.232. The summed E-state index contributed by atoms with van der Waals surface area (Å²) in [5.41, 5.74) is 0. The minimum absolute atomic E-state index is 0.394. The lowest BCUT2D eigenvalue weighted by Gasteiger charge is -2.22. The van der Waals surface area contributed by atoms with Crippen LogP contribution in [0.3, 0.4) is 0 Å². The van der Waals surface area contributed by atoms with Crippen LogP contribution in [0.15, 0.2) is 0 Å². The second-order valence-electron chi connectivity index (χ2n) is 6.24. The van der Waals surface area contributed by atoms with Gasteiger partial charge in [-0.3, -0.25) is 18.9 Å². The van der Waals surface area contributed by atoms with Crippen LogP contribution < -0.4 is 10.6 Å². The van der Waals surface area contributed by atoms with E-state index in [1.54, 1.807) is 13.8 Å². The van der Waals surface area contributed by atoms with E-state index >= 15 is 0 Å². The Morgan fingerprint density at radius 3 is 2.04 bits per heavy atom. The summed E-state index contributed by atoms with van der Waals surface area (Å²) >= 11 is 0. The summed E-state index contributed by atoms with van der Waals surface area (Å²) in [5.74, 6) is -4.16. The van der Waals surface area contributed by atoms with Crippen LogP contribution in [0, 0.1) is 5.92 Å². The molecule has 4 atom stereocenters. The number of carbonyl (C=O) groups is 4. The van der Waals surface area contributed by atoms with Gasteiger partial charge in [-0.25, -0.2) is 4.79 Å². The molecule has 0 heterocycles. The first-order valence-electron chi connectivity index (χ1n) is 8.27. The SMILES string of the molecule is CC(OC(=O)N[C@@H](C)P(=O)(O)CCC(=O)N[C@@H](C)C(=O)O)OC(=O)C(C)C. The van der Waals surface area contributed by atoms with E-state index in [1.807, 2.05) is 0 Å². The van der Waals surface area contributed by atoms with E-state index < -0.39 is 67.9 Å². The number of carbonyl (C=O) groups excluding carboxylic acids is 3. The van der Waals surface area contributed by atoms with E-state index in [9.17, 15) is 28.6 Å². The molecule has 0 rings (SSSR count). The number of amides is 2. The lowest BCUT2D eigenvalue weighted by Crippen LogP contribution is -2.39. The van der Waals surface area contributed by atoms with Crippen LogP contribution in [0.5, 0.6) is 0 Å². The van der Waals surface area contributed by atoms with Gasteiger partial charge in [-0.15, -0.1) is 0 Å². The summed E-state index contributed by atoms with van der Waals surface area (Å²) in [5, 5.41) is 13.0. The lowest BCUT2D eigenvalue weighted by atomic mass is 10.2. The van der Waals surface area contributed by atoms with Crippen molar-refractivity contribution in [3.8, 4) is 0 Å². The number of carboxylic acid groups (broad SMARTS) is 1. The highest BCUT2D eigenvalue weighted by atomic mass is 31.2. The Bertz CT molecular complexity index is 608. The van der Waals surface area contributed by atoms with E-state index in [4.69, 9.17) is 14.6 Å². The third-order valence-corrected chi connectivity index (χ3v) is 5.57. The Hall–Kier alpha value is -2.13. The zero-order valence-electron chi connectivity index (χ0n) is 15.9. The Morgan fingerprint density at radius 2 is 1.56 bits per heavy atom. The van der Waals surface area contributed by atoms with Crippen LogP contribution in [-0.2, 0) is 28.4 Å². The van der Waals surface area contributed by atoms with Crippen molar-refractivity contribution in [2.45, 2.75) is 59.2 Å². The highest BCUT2D eigenvalue weighted by Crippen LogP contribution is 2.45. The summed E-state index contributed by atoms with van der Waals surface area (Å²) in [6.45, 7) is 7.03. The van der Waals surface area contributed by atoms with Gasteiger partial charge in [0.15, 0.2) is 0 Å². The number of aliphatic carboxylic acids is 1. The van der Waals surface area contributed by atoms with Gasteiger partial charge in [-0.1, -0.05) is 13.8 Å². The van der Waals surface area contributed by atoms with Gasteiger partial charge < -0.3 is 30.1 Å². The standard InChI is InChI=1S/C15H27N2O9P/c1-8(2)14(21)25-11(5)26-15(22)17-10(4)27(23,24)7-6-12(18)16-9(3)13(19)20/h8-11H,6-7H2,1-5H3,(H,16,18)(H,17,22)(H,19,20)(H,23,24)/t9-,10+,11?/m0/s1. The first-order valence-corrected chi connectivity index (χ1v) is 10.2. The van der Waals surface area contributed by atoms with Crippen molar-refractivity contribution in [3.05, 3.63) is 0 Å². The molecule has 0 radical (unpaired) electrons. The van der Waals surface area contributed by atoms with Gasteiger partial charge in [-0.05, 0) is 13.8 Å². The molecule has 2 amide bonds. The topological polar surface area (TPSA) is 168 Å². The van der Waals surface area contributed by atoms with Crippen LogP contribution in [0.25, 0.3) is 0 Å².